The molecule has 1 heterocycles. The van der Waals surface area contributed by atoms with Gasteiger partial charge in [0.2, 0.25) is 0 Å². The Morgan fingerprint density at radius 1 is 1.67 bits per heavy atom. The van der Waals surface area contributed by atoms with Gasteiger partial charge in [-0.1, -0.05) is 0 Å². The van der Waals surface area contributed by atoms with Crippen molar-refractivity contribution in [2.24, 2.45) is 5.73 Å². The molecule has 62 valence electrons. The Labute approximate surface area is 75.6 Å². The van der Waals surface area contributed by atoms with Gasteiger partial charge >= 0.3 is 0 Å². The minimum absolute atomic E-state index is 0.250. The minimum atomic E-state index is 0.250. The highest BCUT2D eigenvalue weighted by atomic mass is 32.1. The van der Waals surface area contributed by atoms with Crippen molar-refractivity contribution in [1.82, 2.24) is 0 Å². The van der Waals surface area contributed by atoms with Crippen LogP contribution < -0.4 is 5.73 Å². The summed E-state index contributed by atoms with van der Waals surface area (Å²) < 4.78 is 0. The zero-order valence-electron chi connectivity index (χ0n) is 6.71. The van der Waals surface area contributed by atoms with E-state index in [1.807, 2.05) is 11.4 Å². The first-order chi connectivity index (χ1) is 5.80. The third-order valence-electron chi connectivity index (χ3n) is 2.50. The largest absolute Gasteiger partial charge is 0.330 e. The molecule has 0 amide bonds. The van der Waals surface area contributed by atoms with E-state index >= 15 is 0 Å². The Morgan fingerprint density at radius 3 is 2.83 bits per heavy atom. The van der Waals surface area contributed by atoms with E-state index in [4.69, 9.17) is 11.0 Å². The van der Waals surface area contributed by atoms with Gasteiger partial charge in [0.15, 0.2) is 0 Å². The molecule has 1 aromatic heterocycles. The van der Waals surface area contributed by atoms with Crippen molar-refractivity contribution >= 4 is 11.3 Å². The highest BCUT2D eigenvalue weighted by molar-refractivity contribution is 7.10. The Bertz CT molecular complexity index is 331. The van der Waals surface area contributed by atoms with E-state index in [0.29, 0.717) is 0 Å². The Balaban J connectivity index is 2.30. The third kappa shape index (κ3) is 1.04. The molecule has 0 radical (unpaired) electrons. The van der Waals surface area contributed by atoms with Crippen LogP contribution in [-0.4, -0.2) is 6.54 Å². The predicted molar refractivity (Wildman–Crippen MR) is 49.0 cm³/mol. The number of hydrogen-bond donors (Lipinski definition) is 1. The van der Waals surface area contributed by atoms with Crippen LogP contribution in [0.25, 0.3) is 0 Å². The summed E-state index contributed by atoms with van der Waals surface area (Å²) in [4.78, 5) is 1.29. The molecule has 12 heavy (non-hydrogen) atoms. The second-order valence-corrected chi connectivity index (χ2v) is 4.21. The van der Waals surface area contributed by atoms with Crippen molar-refractivity contribution in [3.63, 3.8) is 0 Å². The lowest BCUT2D eigenvalue weighted by atomic mass is 10.1. The number of hydrogen-bond acceptors (Lipinski definition) is 3. The van der Waals surface area contributed by atoms with E-state index in [-0.39, 0.29) is 5.41 Å². The number of thiophene rings is 1. The number of rotatable bonds is 2. The summed E-state index contributed by atoms with van der Waals surface area (Å²) in [6.45, 7) is 0.721. The van der Waals surface area contributed by atoms with Crippen LogP contribution in [0.2, 0.25) is 0 Å². The summed E-state index contributed by atoms with van der Waals surface area (Å²) in [5.41, 5.74) is 6.70. The molecule has 2 N–H and O–H groups in total. The molecule has 2 nitrogen and oxygen atoms in total. The van der Waals surface area contributed by atoms with Crippen molar-refractivity contribution in [1.29, 1.82) is 5.26 Å². The molecular weight excluding hydrogens is 168 g/mol. The lowest BCUT2D eigenvalue weighted by molar-refractivity contribution is 0.720. The van der Waals surface area contributed by atoms with Crippen molar-refractivity contribution in [2.45, 2.75) is 18.3 Å². The summed E-state index contributed by atoms with van der Waals surface area (Å²) in [5.74, 6) is 0. The standard InChI is InChI=1S/C9H10N2S/c10-4-7-3-8(12-5-7)9(6-11)1-2-9/h3,5H,1-2,6,11H2. The molecule has 0 atom stereocenters. The number of nitrogens with zero attached hydrogens (tertiary/aromatic N) is 1. The summed E-state index contributed by atoms with van der Waals surface area (Å²) in [5, 5.41) is 10.5. The van der Waals surface area contributed by atoms with Crippen LogP contribution in [0.3, 0.4) is 0 Å². The van der Waals surface area contributed by atoms with Crippen molar-refractivity contribution in [3.8, 4) is 6.07 Å². The zero-order chi connectivity index (χ0) is 8.60. The van der Waals surface area contributed by atoms with E-state index < -0.39 is 0 Å². The second kappa shape index (κ2) is 2.58. The molecule has 1 aliphatic carbocycles. The van der Waals surface area contributed by atoms with Gasteiger partial charge in [0.1, 0.15) is 6.07 Å². The van der Waals surface area contributed by atoms with Crippen molar-refractivity contribution in [3.05, 3.63) is 21.9 Å². The maximum atomic E-state index is 8.64. The first-order valence-corrected chi connectivity index (χ1v) is 4.88. The van der Waals surface area contributed by atoms with Crippen LogP contribution in [0.4, 0.5) is 0 Å². The summed E-state index contributed by atoms with van der Waals surface area (Å²) in [6, 6.07) is 4.12. The quantitative estimate of drug-likeness (QED) is 0.748. The minimum Gasteiger partial charge on any atom is -0.330 e. The fourth-order valence-electron chi connectivity index (χ4n) is 1.37. The van der Waals surface area contributed by atoms with Gasteiger partial charge in [-0.05, 0) is 18.9 Å². The molecule has 0 bridgehead atoms. The lowest BCUT2D eigenvalue weighted by Crippen LogP contribution is -2.18. The van der Waals surface area contributed by atoms with Gasteiger partial charge in [0, 0.05) is 22.2 Å². The smallest absolute Gasteiger partial charge is 0.100 e. The summed E-state index contributed by atoms with van der Waals surface area (Å²) in [7, 11) is 0. The van der Waals surface area contributed by atoms with Gasteiger partial charge in [0.25, 0.3) is 0 Å². The van der Waals surface area contributed by atoms with E-state index in [2.05, 4.69) is 6.07 Å². The predicted octanol–water partition coefficient (Wildman–Crippen LogP) is 1.61. The first-order valence-electron chi connectivity index (χ1n) is 4.00. The number of nitriles is 1. The molecule has 1 aliphatic rings. The lowest BCUT2D eigenvalue weighted by Gasteiger charge is -2.07. The van der Waals surface area contributed by atoms with Crippen LogP contribution in [0, 0.1) is 11.3 Å². The Morgan fingerprint density at radius 2 is 2.42 bits per heavy atom. The maximum absolute atomic E-state index is 8.64. The average molecular weight is 178 g/mol. The van der Waals surface area contributed by atoms with Gasteiger partial charge in [0.05, 0.1) is 5.56 Å². The van der Waals surface area contributed by atoms with Crippen LogP contribution >= 0.6 is 11.3 Å². The van der Waals surface area contributed by atoms with Crippen molar-refractivity contribution < 1.29 is 0 Å². The van der Waals surface area contributed by atoms with Gasteiger partial charge in [-0.25, -0.2) is 0 Å². The monoisotopic (exact) mass is 178 g/mol. The average Bonchev–Trinajstić information content (AvgIpc) is 2.77. The molecule has 0 saturated heterocycles. The summed E-state index contributed by atoms with van der Waals surface area (Å²) in [6.07, 6.45) is 2.38. The van der Waals surface area contributed by atoms with Gasteiger partial charge in [-0.2, -0.15) is 5.26 Å². The molecule has 1 fully saturated rings. The van der Waals surface area contributed by atoms with Gasteiger partial charge in [-0.15, -0.1) is 11.3 Å². The van der Waals surface area contributed by atoms with E-state index in [0.717, 1.165) is 12.1 Å². The maximum Gasteiger partial charge on any atom is 0.100 e. The van der Waals surface area contributed by atoms with Crippen LogP contribution in [0.15, 0.2) is 11.4 Å². The molecule has 3 heteroatoms. The Hall–Kier alpha value is -0.850. The van der Waals surface area contributed by atoms with Crippen LogP contribution in [-0.2, 0) is 5.41 Å². The van der Waals surface area contributed by atoms with Gasteiger partial charge in [-0.3, -0.25) is 0 Å². The molecule has 0 aliphatic heterocycles. The SMILES string of the molecule is N#Cc1csc(C2(CN)CC2)c1. The molecular formula is C9H10N2S. The number of nitrogens with two attached hydrogens (primary N) is 1. The third-order valence-corrected chi connectivity index (χ3v) is 3.67. The second-order valence-electron chi connectivity index (χ2n) is 3.30. The van der Waals surface area contributed by atoms with Crippen molar-refractivity contribution in [2.75, 3.05) is 6.54 Å². The topological polar surface area (TPSA) is 49.8 Å². The normalized spacial score (nSPS) is 18.7. The fourth-order valence-corrected chi connectivity index (χ4v) is 2.48. The Kier molecular flexibility index (Phi) is 1.67. The van der Waals surface area contributed by atoms with Crippen LogP contribution in [0.1, 0.15) is 23.3 Å². The fraction of sp³-hybridized carbons (Fsp3) is 0.444. The molecule has 0 spiro atoms. The molecule has 1 aromatic rings. The molecule has 0 unspecified atom stereocenters. The highest BCUT2D eigenvalue weighted by Crippen LogP contribution is 2.49. The molecule has 1 saturated carbocycles. The van der Waals surface area contributed by atoms with E-state index in [9.17, 15) is 0 Å². The first kappa shape index (κ1) is 7.78. The van der Waals surface area contributed by atoms with Gasteiger partial charge < -0.3 is 5.73 Å². The van der Waals surface area contributed by atoms with E-state index in [1.165, 1.54) is 17.7 Å². The van der Waals surface area contributed by atoms with Crippen LogP contribution in [0.5, 0.6) is 0 Å². The highest BCUT2D eigenvalue weighted by Gasteiger charge is 2.43. The molecule has 0 aromatic carbocycles. The van der Waals surface area contributed by atoms with E-state index in [1.54, 1.807) is 11.3 Å². The molecule has 2 rings (SSSR count). The zero-order valence-corrected chi connectivity index (χ0v) is 7.53. The summed E-state index contributed by atoms with van der Waals surface area (Å²) >= 11 is 1.67.